The number of hydrogen-bond acceptors (Lipinski definition) is 3. The first-order valence-electron chi connectivity index (χ1n) is 5.94. The quantitative estimate of drug-likeness (QED) is 0.789. The van der Waals surface area contributed by atoms with Crippen molar-refractivity contribution in [1.29, 1.82) is 0 Å². The molecule has 0 aromatic heterocycles. The van der Waals surface area contributed by atoms with Gasteiger partial charge >= 0.3 is 0 Å². The Morgan fingerprint density at radius 1 is 1.35 bits per heavy atom. The number of amides is 1. The highest BCUT2D eigenvalue weighted by Gasteiger charge is 2.25. The van der Waals surface area contributed by atoms with Crippen LogP contribution < -0.4 is 15.5 Å². The Bertz CT molecular complexity index is 419. The second-order valence-electron chi connectivity index (χ2n) is 4.68. The van der Waals surface area contributed by atoms with Crippen molar-refractivity contribution in [2.45, 2.75) is 6.92 Å². The van der Waals surface area contributed by atoms with E-state index in [1.165, 1.54) is 0 Å². The fourth-order valence-electron chi connectivity index (χ4n) is 2.40. The molecule has 1 amide bonds. The molecule has 0 fully saturated rings. The first-order valence-corrected chi connectivity index (χ1v) is 5.94. The van der Waals surface area contributed by atoms with E-state index < -0.39 is 0 Å². The normalized spacial score (nSPS) is 19.8. The average Bonchev–Trinajstić information content (AvgIpc) is 2.46. The molecular formula is C13H19N3O. The van der Waals surface area contributed by atoms with Gasteiger partial charge in [-0.1, -0.05) is 19.1 Å². The molecule has 0 saturated carbocycles. The molecule has 4 heteroatoms. The molecule has 0 saturated heterocycles. The molecule has 1 heterocycles. The van der Waals surface area contributed by atoms with E-state index in [-0.39, 0.29) is 12.5 Å². The Morgan fingerprint density at radius 2 is 2.00 bits per heavy atom. The van der Waals surface area contributed by atoms with E-state index in [9.17, 15) is 4.79 Å². The van der Waals surface area contributed by atoms with Crippen LogP contribution in [0.15, 0.2) is 24.3 Å². The highest BCUT2D eigenvalue weighted by molar-refractivity contribution is 5.98. The second kappa shape index (κ2) is 4.75. The minimum absolute atomic E-state index is 0.0143. The van der Waals surface area contributed by atoms with Crippen molar-refractivity contribution < 1.29 is 4.79 Å². The average molecular weight is 233 g/mol. The van der Waals surface area contributed by atoms with Crippen molar-refractivity contribution in [1.82, 2.24) is 0 Å². The third-order valence-corrected chi connectivity index (χ3v) is 3.14. The second-order valence-corrected chi connectivity index (χ2v) is 4.68. The number of nitrogens with two attached hydrogens (primary N) is 1. The zero-order valence-electron chi connectivity index (χ0n) is 10.4. The Labute approximate surface area is 102 Å². The molecule has 1 aromatic carbocycles. The first kappa shape index (κ1) is 11.9. The summed E-state index contributed by atoms with van der Waals surface area (Å²) < 4.78 is 0. The number of carbonyl (C=O) groups is 1. The standard InChI is InChI=1S/C13H19N3O/c1-10-8-15(2)11-5-3-4-6-12(11)16(9-10)13(17)7-14/h3-6,10H,7-9,14H2,1-2H3. The Balaban J connectivity index is 2.45. The topological polar surface area (TPSA) is 49.6 Å². The molecule has 4 nitrogen and oxygen atoms in total. The minimum atomic E-state index is -0.0143. The van der Waals surface area contributed by atoms with Crippen LogP contribution in [0.25, 0.3) is 0 Å². The molecule has 0 aliphatic carbocycles. The Morgan fingerprint density at radius 3 is 2.65 bits per heavy atom. The Hall–Kier alpha value is -1.55. The summed E-state index contributed by atoms with van der Waals surface area (Å²) in [5.41, 5.74) is 7.55. The summed E-state index contributed by atoms with van der Waals surface area (Å²) >= 11 is 0. The van der Waals surface area contributed by atoms with Crippen LogP contribution >= 0.6 is 0 Å². The van der Waals surface area contributed by atoms with Crippen LogP contribution in [0.4, 0.5) is 11.4 Å². The van der Waals surface area contributed by atoms with Crippen LogP contribution in [-0.2, 0) is 4.79 Å². The van der Waals surface area contributed by atoms with Gasteiger partial charge in [0, 0.05) is 20.1 Å². The van der Waals surface area contributed by atoms with Crippen molar-refractivity contribution in [3.63, 3.8) is 0 Å². The highest BCUT2D eigenvalue weighted by atomic mass is 16.2. The lowest BCUT2D eigenvalue weighted by Crippen LogP contribution is -2.38. The lowest BCUT2D eigenvalue weighted by Gasteiger charge is -2.23. The minimum Gasteiger partial charge on any atom is -0.373 e. The van der Waals surface area contributed by atoms with E-state index in [1.807, 2.05) is 29.2 Å². The molecule has 0 radical (unpaired) electrons. The number of nitrogens with zero attached hydrogens (tertiary/aromatic N) is 2. The molecule has 1 aliphatic rings. The lowest BCUT2D eigenvalue weighted by atomic mass is 10.1. The molecule has 92 valence electrons. The van der Waals surface area contributed by atoms with Gasteiger partial charge in [0.15, 0.2) is 0 Å². The number of carbonyl (C=O) groups excluding carboxylic acids is 1. The fraction of sp³-hybridized carbons (Fsp3) is 0.462. The predicted molar refractivity (Wildman–Crippen MR) is 70.3 cm³/mol. The van der Waals surface area contributed by atoms with Crippen molar-refractivity contribution in [2.24, 2.45) is 11.7 Å². The highest BCUT2D eigenvalue weighted by Crippen LogP contribution is 2.32. The summed E-state index contributed by atoms with van der Waals surface area (Å²) in [5, 5.41) is 0. The first-order chi connectivity index (χ1) is 8.13. The zero-order valence-corrected chi connectivity index (χ0v) is 10.4. The van der Waals surface area contributed by atoms with Crippen LogP contribution in [0.3, 0.4) is 0 Å². The van der Waals surface area contributed by atoms with E-state index in [2.05, 4.69) is 18.9 Å². The summed E-state index contributed by atoms with van der Waals surface area (Å²) in [6.07, 6.45) is 0. The smallest absolute Gasteiger partial charge is 0.240 e. The monoisotopic (exact) mass is 233 g/mol. The van der Waals surface area contributed by atoms with Crippen molar-refractivity contribution in [3.05, 3.63) is 24.3 Å². The molecule has 2 N–H and O–H groups in total. The van der Waals surface area contributed by atoms with E-state index in [1.54, 1.807) is 0 Å². The van der Waals surface area contributed by atoms with Crippen LogP contribution in [-0.4, -0.2) is 32.6 Å². The van der Waals surface area contributed by atoms with Crippen LogP contribution in [0.2, 0.25) is 0 Å². The van der Waals surface area contributed by atoms with Gasteiger partial charge in [-0.15, -0.1) is 0 Å². The molecule has 0 spiro atoms. The zero-order chi connectivity index (χ0) is 12.4. The molecular weight excluding hydrogens is 214 g/mol. The van der Waals surface area contributed by atoms with Crippen LogP contribution in [0, 0.1) is 5.92 Å². The van der Waals surface area contributed by atoms with Crippen LogP contribution in [0.1, 0.15) is 6.92 Å². The lowest BCUT2D eigenvalue weighted by molar-refractivity contribution is -0.117. The molecule has 2 rings (SSSR count). The number of anilines is 2. The molecule has 1 unspecified atom stereocenters. The maximum absolute atomic E-state index is 11.9. The summed E-state index contributed by atoms with van der Waals surface area (Å²) in [6, 6.07) is 7.98. The maximum Gasteiger partial charge on any atom is 0.240 e. The SMILES string of the molecule is CC1CN(C)c2ccccc2N(C(=O)CN)C1. The number of benzene rings is 1. The molecule has 1 aromatic rings. The Kier molecular flexibility index (Phi) is 3.33. The molecule has 1 atom stereocenters. The maximum atomic E-state index is 11.9. The summed E-state index contributed by atoms with van der Waals surface area (Å²) in [5.74, 6) is 0.419. The van der Waals surface area contributed by atoms with Gasteiger partial charge in [-0.25, -0.2) is 0 Å². The van der Waals surface area contributed by atoms with Crippen molar-refractivity contribution in [2.75, 3.05) is 36.5 Å². The summed E-state index contributed by atoms with van der Waals surface area (Å²) in [6.45, 7) is 3.90. The third kappa shape index (κ3) is 2.26. The van der Waals surface area contributed by atoms with E-state index in [0.717, 1.165) is 24.5 Å². The van der Waals surface area contributed by atoms with Gasteiger partial charge < -0.3 is 15.5 Å². The van der Waals surface area contributed by atoms with Gasteiger partial charge in [0.1, 0.15) is 0 Å². The van der Waals surface area contributed by atoms with Crippen LogP contribution in [0.5, 0.6) is 0 Å². The van der Waals surface area contributed by atoms with Gasteiger partial charge in [-0.2, -0.15) is 0 Å². The van der Waals surface area contributed by atoms with E-state index in [4.69, 9.17) is 5.73 Å². The van der Waals surface area contributed by atoms with Gasteiger partial charge in [-0.3, -0.25) is 4.79 Å². The molecule has 1 aliphatic heterocycles. The largest absolute Gasteiger partial charge is 0.373 e. The van der Waals surface area contributed by atoms with Gasteiger partial charge in [-0.05, 0) is 18.1 Å². The number of fused-ring (bicyclic) bond motifs is 1. The summed E-state index contributed by atoms with van der Waals surface area (Å²) in [4.78, 5) is 15.9. The van der Waals surface area contributed by atoms with Crippen molar-refractivity contribution in [3.8, 4) is 0 Å². The van der Waals surface area contributed by atoms with Gasteiger partial charge in [0.2, 0.25) is 5.91 Å². The fourth-order valence-corrected chi connectivity index (χ4v) is 2.40. The van der Waals surface area contributed by atoms with Gasteiger partial charge in [0.05, 0.1) is 17.9 Å². The number of para-hydroxylation sites is 2. The van der Waals surface area contributed by atoms with Gasteiger partial charge in [0.25, 0.3) is 0 Å². The molecule has 17 heavy (non-hydrogen) atoms. The number of rotatable bonds is 1. The van der Waals surface area contributed by atoms with Crippen molar-refractivity contribution >= 4 is 17.3 Å². The predicted octanol–water partition coefficient (Wildman–Crippen LogP) is 1.06. The third-order valence-electron chi connectivity index (χ3n) is 3.14. The van der Waals surface area contributed by atoms with E-state index in [0.29, 0.717) is 5.92 Å². The van der Waals surface area contributed by atoms with E-state index >= 15 is 0 Å². The summed E-state index contributed by atoms with van der Waals surface area (Å²) in [7, 11) is 2.06. The molecule has 0 bridgehead atoms. The number of hydrogen-bond donors (Lipinski definition) is 1.